The van der Waals surface area contributed by atoms with Gasteiger partial charge in [-0.15, -0.1) is 0 Å². The van der Waals surface area contributed by atoms with Crippen LogP contribution in [0.1, 0.15) is 16.8 Å². The third-order valence-corrected chi connectivity index (χ3v) is 6.61. The van der Waals surface area contributed by atoms with Gasteiger partial charge in [-0.2, -0.15) is 10.4 Å². The lowest BCUT2D eigenvalue weighted by atomic mass is 9.96. The van der Waals surface area contributed by atoms with Crippen molar-refractivity contribution in [2.45, 2.75) is 13.5 Å². The number of fused-ring (bicyclic) bond motifs is 1. The van der Waals surface area contributed by atoms with E-state index in [1.165, 1.54) is 6.07 Å². The smallest absolute Gasteiger partial charge is 0.196 e. The second-order valence-corrected chi connectivity index (χ2v) is 9.01. The van der Waals surface area contributed by atoms with Gasteiger partial charge in [0.15, 0.2) is 11.5 Å². The molecule has 0 unspecified atom stereocenters. The fourth-order valence-corrected chi connectivity index (χ4v) is 4.70. The molecule has 0 atom stereocenters. The summed E-state index contributed by atoms with van der Waals surface area (Å²) in [5.74, 6) is 1.01. The normalized spacial score (nSPS) is 13.6. The van der Waals surface area contributed by atoms with Crippen molar-refractivity contribution in [2.24, 2.45) is 0 Å². The van der Waals surface area contributed by atoms with Gasteiger partial charge in [0.1, 0.15) is 30.0 Å². The van der Waals surface area contributed by atoms with Gasteiger partial charge >= 0.3 is 0 Å². The first-order valence-corrected chi connectivity index (χ1v) is 12.3. The van der Waals surface area contributed by atoms with E-state index in [0.29, 0.717) is 72.6 Å². The standard InChI is InChI=1S/C29H24FN5O3/c1-18-26-27(24-9-10-25(38-24)35-11-13-36-14-12-35)22(16-31)28(32-29(26)34-33-18)21-8-7-20(15-23(21)30)37-17-19-5-3-2-4-6-19/h2-10,15H,11-14,17H2,1H3,(H,32,33,34). The molecule has 0 saturated carbocycles. The molecule has 38 heavy (non-hydrogen) atoms. The van der Waals surface area contributed by atoms with Crippen molar-refractivity contribution in [1.82, 2.24) is 15.2 Å². The van der Waals surface area contributed by atoms with Crippen LogP contribution in [-0.4, -0.2) is 41.5 Å². The molecule has 1 aliphatic heterocycles. The van der Waals surface area contributed by atoms with Crippen molar-refractivity contribution >= 4 is 16.9 Å². The van der Waals surface area contributed by atoms with Gasteiger partial charge in [0.25, 0.3) is 0 Å². The van der Waals surface area contributed by atoms with Crippen LogP contribution in [0.2, 0.25) is 0 Å². The minimum absolute atomic E-state index is 0.184. The van der Waals surface area contributed by atoms with Crippen LogP contribution < -0.4 is 9.64 Å². The Hall–Kier alpha value is -4.68. The van der Waals surface area contributed by atoms with E-state index in [1.807, 2.05) is 49.4 Å². The van der Waals surface area contributed by atoms with Crippen LogP contribution in [0.15, 0.2) is 65.1 Å². The fourth-order valence-electron chi connectivity index (χ4n) is 4.70. The van der Waals surface area contributed by atoms with Gasteiger partial charge in [0.05, 0.1) is 41.1 Å². The van der Waals surface area contributed by atoms with Crippen LogP contribution in [0.5, 0.6) is 5.75 Å². The lowest BCUT2D eigenvalue weighted by Crippen LogP contribution is -2.35. The number of anilines is 1. The first-order chi connectivity index (χ1) is 18.6. The number of ether oxygens (including phenoxy) is 2. The van der Waals surface area contributed by atoms with Gasteiger partial charge in [0, 0.05) is 30.8 Å². The Kier molecular flexibility index (Phi) is 6.23. The summed E-state index contributed by atoms with van der Waals surface area (Å²) in [5, 5.41) is 18.2. The Morgan fingerprint density at radius 2 is 1.92 bits per heavy atom. The van der Waals surface area contributed by atoms with E-state index in [4.69, 9.17) is 13.9 Å². The number of furan rings is 1. The maximum atomic E-state index is 15.5. The molecule has 1 fully saturated rings. The van der Waals surface area contributed by atoms with Gasteiger partial charge in [-0.25, -0.2) is 9.37 Å². The monoisotopic (exact) mass is 509 g/mol. The number of nitrogens with one attached hydrogen (secondary N) is 1. The Balaban J connectivity index is 1.41. The van der Waals surface area contributed by atoms with E-state index in [0.717, 1.165) is 5.56 Å². The molecule has 0 radical (unpaired) electrons. The van der Waals surface area contributed by atoms with Crippen molar-refractivity contribution in [3.05, 3.63) is 83.3 Å². The second kappa shape index (κ2) is 10.00. The maximum absolute atomic E-state index is 15.5. The van der Waals surface area contributed by atoms with Crippen LogP contribution in [0.3, 0.4) is 0 Å². The van der Waals surface area contributed by atoms with Crippen molar-refractivity contribution in [3.8, 4) is 34.4 Å². The van der Waals surface area contributed by atoms with E-state index in [1.54, 1.807) is 12.1 Å². The molecule has 9 heteroatoms. The van der Waals surface area contributed by atoms with Gasteiger partial charge in [-0.3, -0.25) is 5.10 Å². The number of hydrogen-bond donors (Lipinski definition) is 1. The zero-order chi connectivity index (χ0) is 26.1. The Labute approximate surface area is 218 Å². The number of H-pyrrole nitrogens is 1. The topological polar surface area (TPSA) is 100 Å². The largest absolute Gasteiger partial charge is 0.489 e. The average Bonchev–Trinajstić information content (AvgIpc) is 3.59. The number of aryl methyl sites for hydroxylation is 1. The number of benzene rings is 2. The summed E-state index contributed by atoms with van der Waals surface area (Å²) in [6.45, 7) is 4.81. The summed E-state index contributed by atoms with van der Waals surface area (Å²) >= 11 is 0. The van der Waals surface area contributed by atoms with Crippen LogP contribution in [-0.2, 0) is 11.3 Å². The number of nitriles is 1. The molecule has 190 valence electrons. The van der Waals surface area contributed by atoms with E-state index >= 15 is 4.39 Å². The van der Waals surface area contributed by atoms with Gasteiger partial charge in [-0.05, 0) is 30.7 Å². The van der Waals surface area contributed by atoms with E-state index in [9.17, 15) is 5.26 Å². The summed E-state index contributed by atoms with van der Waals surface area (Å²) in [6.07, 6.45) is 0. The summed E-state index contributed by atoms with van der Waals surface area (Å²) in [6, 6.07) is 20.2. The predicted octanol–water partition coefficient (Wildman–Crippen LogP) is 5.62. The number of nitrogens with zero attached hydrogens (tertiary/aromatic N) is 4. The van der Waals surface area contributed by atoms with E-state index in [2.05, 4.69) is 26.2 Å². The van der Waals surface area contributed by atoms with Gasteiger partial charge in [-0.1, -0.05) is 30.3 Å². The molecule has 1 N–H and O–H groups in total. The number of rotatable bonds is 6. The molecular formula is C29H24FN5O3. The number of hydrogen-bond acceptors (Lipinski definition) is 7. The number of aromatic amines is 1. The lowest BCUT2D eigenvalue weighted by molar-refractivity contribution is 0.121. The summed E-state index contributed by atoms with van der Waals surface area (Å²) in [4.78, 5) is 6.71. The molecule has 6 rings (SSSR count). The molecule has 1 saturated heterocycles. The van der Waals surface area contributed by atoms with Crippen molar-refractivity contribution in [3.63, 3.8) is 0 Å². The highest BCUT2D eigenvalue weighted by Crippen LogP contribution is 2.40. The zero-order valence-corrected chi connectivity index (χ0v) is 20.7. The van der Waals surface area contributed by atoms with E-state index in [-0.39, 0.29) is 16.8 Å². The number of pyridine rings is 1. The first-order valence-electron chi connectivity index (χ1n) is 12.3. The summed E-state index contributed by atoms with van der Waals surface area (Å²) in [5.41, 5.74) is 3.22. The first kappa shape index (κ1) is 23.7. The Morgan fingerprint density at radius 3 is 2.68 bits per heavy atom. The summed E-state index contributed by atoms with van der Waals surface area (Å²) < 4.78 is 32.9. The third kappa shape index (κ3) is 4.35. The second-order valence-electron chi connectivity index (χ2n) is 9.01. The lowest BCUT2D eigenvalue weighted by Gasteiger charge is -2.26. The number of morpholine rings is 1. The van der Waals surface area contributed by atoms with Crippen molar-refractivity contribution in [2.75, 3.05) is 31.2 Å². The van der Waals surface area contributed by atoms with Crippen LogP contribution in [0, 0.1) is 24.1 Å². The molecule has 5 aromatic rings. The highest BCUT2D eigenvalue weighted by Gasteiger charge is 2.25. The van der Waals surface area contributed by atoms with Gasteiger partial charge in [0.2, 0.25) is 0 Å². The molecule has 0 aliphatic carbocycles. The SMILES string of the molecule is Cc1n[nH]c2nc(-c3ccc(OCc4ccccc4)cc3F)c(C#N)c(-c3ccc(N4CCOCC4)o3)c12. The fraction of sp³-hybridized carbons (Fsp3) is 0.207. The molecule has 8 nitrogen and oxygen atoms in total. The Bertz CT molecular complexity index is 1650. The molecule has 4 heterocycles. The maximum Gasteiger partial charge on any atom is 0.196 e. The predicted molar refractivity (Wildman–Crippen MR) is 140 cm³/mol. The van der Waals surface area contributed by atoms with Crippen LogP contribution in [0.25, 0.3) is 33.6 Å². The van der Waals surface area contributed by atoms with Crippen molar-refractivity contribution in [1.29, 1.82) is 5.26 Å². The van der Waals surface area contributed by atoms with Gasteiger partial charge < -0.3 is 18.8 Å². The molecule has 1 aliphatic rings. The number of aromatic nitrogens is 3. The van der Waals surface area contributed by atoms with Crippen LogP contribution in [0.4, 0.5) is 10.3 Å². The Morgan fingerprint density at radius 1 is 1.11 bits per heavy atom. The number of halogens is 1. The minimum Gasteiger partial charge on any atom is -0.489 e. The average molecular weight is 510 g/mol. The molecule has 2 aromatic carbocycles. The molecule has 0 bridgehead atoms. The van der Waals surface area contributed by atoms with Crippen LogP contribution >= 0.6 is 0 Å². The quantitative estimate of drug-likeness (QED) is 0.317. The zero-order valence-electron chi connectivity index (χ0n) is 20.7. The highest BCUT2D eigenvalue weighted by atomic mass is 19.1. The molecular weight excluding hydrogens is 485 g/mol. The third-order valence-electron chi connectivity index (χ3n) is 6.61. The van der Waals surface area contributed by atoms with E-state index < -0.39 is 5.82 Å². The van der Waals surface area contributed by atoms with Crippen molar-refractivity contribution < 1.29 is 18.3 Å². The molecule has 0 amide bonds. The minimum atomic E-state index is -0.547. The molecule has 0 spiro atoms. The summed E-state index contributed by atoms with van der Waals surface area (Å²) in [7, 11) is 0. The molecule has 3 aromatic heterocycles. The highest BCUT2D eigenvalue weighted by molar-refractivity contribution is 5.99.